The van der Waals surface area contributed by atoms with Crippen LogP contribution in [0, 0.1) is 5.41 Å². The van der Waals surface area contributed by atoms with Gasteiger partial charge in [-0.25, -0.2) is 19.5 Å². The Labute approximate surface area is 189 Å². The molecular weight excluding hydrogens is 437 g/mol. The number of anilines is 1. The highest BCUT2D eigenvalue weighted by atomic mass is 35.5. The minimum atomic E-state index is -0.381. The van der Waals surface area contributed by atoms with Gasteiger partial charge in [0.2, 0.25) is 0 Å². The second kappa shape index (κ2) is 9.89. The number of hydrogen-bond donors (Lipinski definition) is 3. The maximum Gasteiger partial charge on any atom is 0.268 e. The molecule has 10 heteroatoms. The molecule has 0 aliphatic heterocycles. The van der Waals surface area contributed by atoms with E-state index in [0.717, 1.165) is 0 Å². The maximum atomic E-state index is 13.2. The molecule has 0 bridgehead atoms. The smallest absolute Gasteiger partial charge is 0.268 e. The molecule has 0 saturated carbocycles. The molecule has 0 radical (unpaired) electrons. The first-order valence-electron chi connectivity index (χ1n) is 9.78. The van der Waals surface area contributed by atoms with E-state index in [1.807, 2.05) is 6.08 Å². The van der Waals surface area contributed by atoms with E-state index in [0.29, 0.717) is 64.7 Å². The van der Waals surface area contributed by atoms with Crippen molar-refractivity contribution in [1.29, 1.82) is 5.41 Å². The lowest BCUT2D eigenvalue weighted by molar-refractivity contribution is 0.734. The van der Waals surface area contributed by atoms with Gasteiger partial charge >= 0.3 is 0 Å². The molecule has 0 spiro atoms. The number of hydrogen-bond acceptors (Lipinski definition) is 7. The maximum absolute atomic E-state index is 13.2. The number of nitrogens with zero attached hydrogens (tertiary/aromatic N) is 4. The van der Waals surface area contributed by atoms with Crippen molar-refractivity contribution < 1.29 is 0 Å². The highest BCUT2D eigenvalue weighted by Gasteiger charge is 2.18. The van der Waals surface area contributed by atoms with Crippen LogP contribution in [0.15, 0.2) is 35.4 Å². The summed E-state index contributed by atoms with van der Waals surface area (Å²) in [5.41, 5.74) is 12.4. The van der Waals surface area contributed by atoms with Gasteiger partial charge in [-0.3, -0.25) is 10.2 Å². The molecule has 31 heavy (non-hydrogen) atoms. The van der Waals surface area contributed by atoms with Crippen molar-refractivity contribution in [3.63, 3.8) is 0 Å². The van der Waals surface area contributed by atoms with Gasteiger partial charge in [-0.05, 0) is 38.7 Å². The largest absolute Gasteiger partial charge is 0.397 e. The third-order valence-electron chi connectivity index (χ3n) is 4.78. The summed E-state index contributed by atoms with van der Waals surface area (Å²) in [6, 6.07) is 0. The lowest BCUT2D eigenvalue weighted by Gasteiger charge is -2.14. The molecule has 0 unspecified atom stereocenters. The van der Waals surface area contributed by atoms with Gasteiger partial charge in [-0.15, -0.1) is 0 Å². The van der Waals surface area contributed by atoms with Crippen molar-refractivity contribution in [3.8, 4) is 0 Å². The minimum absolute atomic E-state index is 0.0198. The fourth-order valence-electron chi connectivity index (χ4n) is 3.30. The molecule has 0 amide bonds. The normalized spacial score (nSPS) is 14.2. The molecule has 0 fully saturated rings. The monoisotopic (exact) mass is 459 g/mol. The zero-order chi connectivity index (χ0) is 22.5. The zero-order valence-electron chi connectivity index (χ0n) is 17.0. The van der Waals surface area contributed by atoms with E-state index >= 15 is 0 Å². The van der Waals surface area contributed by atoms with Crippen molar-refractivity contribution in [3.05, 3.63) is 63.1 Å². The summed E-state index contributed by atoms with van der Waals surface area (Å²) in [5, 5.41) is 9.92. The van der Waals surface area contributed by atoms with E-state index in [2.05, 4.69) is 15.0 Å². The van der Waals surface area contributed by atoms with Crippen molar-refractivity contribution in [2.24, 2.45) is 5.73 Å². The van der Waals surface area contributed by atoms with E-state index in [4.69, 9.17) is 40.1 Å². The molecule has 2 aromatic heterocycles. The summed E-state index contributed by atoms with van der Waals surface area (Å²) >= 11 is 12.7. The first-order valence-corrected chi connectivity index (χ1v) is 10.5. The number of unbranched alkanes of at least 4 members (excludes halogenated alkanes) is 1. The second-order valence-electron chi connectivity index (χ2n) is 6.93. The third kappa shape index (κ3) is 4.86. The predicted octanol–water partition coefficient (Wildman–Crippen LogP) is 1.83. The predicted molar refractivity (Wildman–Crippen MR) is 125 cm³/mol. The van der Waals surface area contributed by atoms with Crippen LogP contribution in [0.4, 0.5) is 5.82 Å². The number of allylic oxidation sites excluding steroid dienone is 3. The summed E-state index contributed by atoms with van der Waals surface area (Å²) in [4.78, 5) is 25.9. The molecule has 0 aromatic carbocycles. The van der Waals surface area contributed by atoms with Gasteiger partial charge in [0.25, 0.3) is 5.56 Å². The van der Waals surface area contributed by atoms with Gasteiger partial charge < -0.3 is 11.5 Å². The van der Waals surface area contributed by atoms with Crippen molar-refractivity contribution in [2.45, 2.75) is 39.0 Å². The van der Waals surface area contributed by atoms with Gasteiger partial charge in [-0.1, -0.05) is 35.4 Å². The minimum Gasteiger partial charge on any atom is -0.397 e. The Morgan fingerprint density at radius 1 is 1.26 bits per heavy atom. The Kier molecular flexibility index (Phi) is 7.25. The number of rotatable bonds is 6. The van der Waals surface area contributed by atoms with E-state index < -0.39 is 0 Å². The first-order chi connectivity index (χ1) is 14.8. The third-order valence-corrected chi connectivity index (χ3v) is 5.53. The van der Waals surface area contributed by atoms with Crippen molar-refractivity contribution in [1.82, 2.24) is 19.5 Å². The van der Waals surface area contributed by atoms with Gasteiger partial charge in [-0.2, -0.15) is 0 Å². The second-order valence-corrected chi connectivity index (χ2v) is 7.84. The molecule has 5 N–H and O–H groups in total. The Balaban J connectivity index is 1.94. The van der Waals surface area contributed by atoms with Crippen LogP contribution in [0.25, 0.3) is 15.8 Å². The number of halogens is 2. The lowest BCUT2D eigenvalue weighted by atomic mass is 10.1. The standard InChI is InChI=1S/C21H23Cl2N7O/c1-2-5-15(25)30-16(29-18-13(23)9-8-12(22)17(18)21(30)31)7-4-3-6-14(24)19-20(26)28-11-10-27-19/h2,5-6,10-11,25H,3-4,7-9,24H2,1H3,(H2,26,28)/b5-2-,14-6-,25-15?. The molecule has 0 saturated heterocycles. The SMILES string of the molecule is C/C=C\C(=N)n1c(CCC/C=C(\N)c2nccnc2N)nc2c(c1=O)=C(Cl)CCC=2Cl. The molecule has 2 heterocycles. The highest BCUT2D eigenvalue weighted by molar-refractivity contribution is 6.48. The molecule has 8 nitrogen and oxygen atoms in total. The van der Waals surface area contributed by atoms with Crippen LogP contribution >= 0.6 is 23.2 Å². The number of aryl methyl sites for hydroxylation is 1. The molecule has 162 valence electrons. The summed E-state index contributed by atoms with van der Waals surface area (Å²) < 4.78 is 1.28. The molecule has 1 aliphatic rings. The van der Waals surface area contributed by atoms with Crippen LogP contribution in [0.1, 0.15) is 44.1 Å². The number of aromatic nitrogens is 4. The summed E-state index contributed by atoms with van der Waals surface area (Å²) in [6.07, 6.45) is 10.7. The van der Waals surface area contributed by atoms with Crippen LogP contribution in [-0.4, -0.2) is 25.4 Å². The van der Waals surface area contributed by atoms with Crippen molar-refractivity contribution >= 4 is 50.6 Å². The quantitative estimate of drug-likeness (QED) is 0.342. The lowest BCUT2D eigenvalue weighted by Crippen LogP contribution is -2.52. The van der Waals surface area contributed by atoms with Gasteiger partial charge in [0, 0.05) is 28.9 Å². The fraction of sp³-hybridized carbons (Fsp3) is 0.286. The van der Waals surface area contributed by atoms with Crippen molar-refractivity contribution in [2.75, 3.05) is 5.73 Å². The van der Waals surface area contributed by atoms with Crippen LogP contribution < -0.4 is 27.6 Å². The zero-order valence-corrected chi connectivity index (χ0v) is 18.5. The summed E-state index contributed by atoms with van der Waals surface area (Å²) in [6.45, 7) is 1.78. The van der Waals surface area contributed by atoms with Gasteiger partial charge in [0.15, 0.2) is 5.82 Å². The topological polar surface area (TPSA) is 137 Å². The van der Waals surface area contributed by atoms with Crippen LogP contribution in [0.2, 0.25) is 0 Å². The Bertz CT molecular complexity index is 1260. The number of nitrogen functional groups attached to an aromatic ring is 1. The summed E-state index contributed by atoms with van der Waals surface area (Å²) in [5.74, 6) is 0.730. The van der Waals surface area contributed by atoms with Crippen LogP contribution in [0.3, 0.4) is 0 Å². The number of fused-ring (bicyclic) bond motifs is 1. The number of nitrogens with two attached hydrogens (primary N) is 2. The van der Waals surface area contributed by atoms with Crippen LogP contribution in [0.5, 0.6) is 0 Å². The average Bonchev–Trinajstić information content (AvgIpc) is 2.74. The molecule has 2 aromatic rings. The fourth-order valence-corrected chi connectivity index (χ4v) is 3.80. The molecular formula is C21H23Cl2N7O. The van der Waals surface area contributed by atoms with Gasteiger partial charge in [0.05, 0.1) is 16.3 Å². The highest BCUT2D eigenvalue weighted by Crippen LogP contribution is 2.19. The van der Waals surface area contributed by atoms with E-state index in [9.17, 15) is 4.79 Å². The average molecular weight is 460 g/mol. The molecule has 1 aliphatic carbocycles. The van der Waals surface area contributed by atoms with Crippen LogP contribution in [-0.2, 0) is 6.42 Å². The molecule has 0 atom stereocenters. The first kappa shape index (κ1) is 22.7. The van der Waals surface area contributed by atoms with E-state index in [-0.39, 0.29) is 22.4 Å². The Morgan fingerprint density at radius 3 is 2.68 bits per heavy atom. The van der Waals surface area contributed by atoms with E-state index in [1.165, 1.54) is 23.0 Å². The van der Waals surface area contributed by atoms with E-state index in [1.54, 1.807) is 13.0 Å². The summed E-state index contributed by atoms with van der Waals surface area (Å²) in [7, 11) is 0. The Hall–Kier alpha value is -2.97. The number of nitrogens with one attached hydrogen (secondary N) is 1. The van der Waals surface area contributed by atoms with Gasteiger partial charge in [0.1, 0.15) is 17.4 Å². The Morgan fingerprint density at radius 2 is 1.97 bits per heavy atom. The molecule has 3 rings (SSSR count).